The van der Waals surface area contributed by atoms with Crippen LogP contribution in [-0.2, 0) is 6.54 Å². The van der Waals surface area contributed by atoms with Crippen molar-refractivity contribution in [2.75, 3.05) is 5.32 Å². The molecule has 2 heterocycles. The van der Waals surface area contributed by atoms with Crippen LogP contribution < -0.4 is 5.32 Å². The molecule has 1 unspecified atom stereocenters. The molecule has 0 aromatic carbocycles. The Bertz CT molecular complexity index is 558. The Kier molecular flexibility index (Phi) is 6.27. The van der Waals surface area contributed by atoms with Gasteiger partial charge in [-0.2, -0.15) is 10.2 Å². The molecule has 0 radical (unpaired) electrons. The molecule has 0 amide bonds. The van der Waals surface area contributed by atoms with Crippen LogP contribution in [0, 0.1) is 6.92 Å². The Hall–Kier alpha value is -1.49. The third kappa shape index (κ3) is 4.00. The summed E-state index contributed by atoms with van der Waals surface area (Å²) in [6, 6.07) is 2.89. The molecule has 6 heteroatoms. The maximum Gasteiger partial charge on any atom is 0.0825 e. The quantitative estimate of drug-likeness (QED) is 0.878. The van der Waals surface area contributed by atoms with E-state index in [1.54, 1.807) is 0 Å². The zero-order chi connectivity index (χ0) is 14.7. The molecule has 2 aromatic heterocycles. The van der Waals surface area contributed by atoms with E-state index in [1.165, 1.54) is 5.69 Å². The van der Waals surface area contributed by atoms with Gasteiger partial charge in [-0.3, -0.25) is 9.36 Å². The molecule has 0 saturated carbocycles. The molecule has 0 bridgehead atoms. The molecule has 0 aliphatic rings. The molecule has 0 aliphatic carbocycles. The fourth-order valence-electron chi connectivity index (χ4n) is 2.16. The van der Waals surface area contributed by atoms with Gasteiger partial charge in [-0.15, -0.1) is 12.4 Å². The number of aromatic nitrogens is 4. The number of hydrogen-bond donors (Lipinski definition) is 1. The van der Waals surface area contributed by atoms with Crippen molar-refractivity contribution in [3.8, 4) is 0 Å². The Balaban J connectivity index is 0.00000220. The summed E-state index contributed by atoms with van der Waals surface area (Å²) in [5.41, 5.74) is 3.33. The van der Waals surface area contributed by atoms with Gasteiger partial charge < -0.3 is 5.32 Å². The van der Waals surface area contributed by atoms with Gasteiger partial charge in [0.15, 0.2) is 0 Å². The van der Waals surface area contributed by atoms with Gasteiger partial charge in [0.2, 0.25) is 0 Å². The molecule has 0 saturated heterocycles. The fourth-order valence-corrected chi connectivity index (χ4v) is 2.16. The van der Waals surface area contributed by atoms with E-state index < -0.39 is 0 Å². The summed E-state index contributed by atoms with van der Waals surface area (Å²) in [6.07, 6.45) is 5.02. The number of aryl methyl sites for hydroxylation is 1. The number of rotatable bonds is 6. The van der Waals surface area contributed by atoms with E-state index in [0.717, 1.165) is 24.3 Å². The highest BCUT2D eigenvalue weighted by Gasteiger charge is 2.10. The molecule has 0 aliphatic heterocycles. The van der Waals surface area contributed by atoms with Crippen molar-refractivity contribution < 1.29 is 0 Å². The molecular formula is C15H26ClN5. The normalized spacial score (nSPS) is 12.3. The van der Waals surface area contributed by atoms with E-state index in [2.05, 4.69) is 60.2 Å². The smallest absolute Gasteiger partial charge is 0.0825 e. The van der Waals surface area contributed by atoms with Crippen molar-refractivity contribution in [1.82, 2.24) is 19.6 Å². The van der Waals surface area contributed by atoms with Crippen LogP contribution in [0.3, 0.4) is 0 Å². The van der Waals surface area contributed by atoms with Crippen molar-refractivity contribution >= 4 is 18.1 Å². The van der Waals surface area contributed by atoms with Crippen LogP contribution in [0.4, 0.5) is 5.69 Å². The Morgan fingerprint density at radius 3 is 2.57 bits per heavy atom. The summed E-state index contributed by atoms with van der Waals surface area (Å²) < 4.78 is 4.08. The number of anilines is 1. The Morgan fingerprint density at radius 1 is 1.29 bits per heavy atom. The number of hydrogen-bond acceptors (Lipinski definition) is 3. The Morgan fingerprint density at radius 2 is 2.00 bits per heavy atom. The molecule has 2 aromatic rings. The predicted octanol–water partition coefficient (Wildman–Crippen LogP) is 3.97. The second-order valence-electron chi connectivity index (χ2n) is 5.58. The van der Waals surface area contributed by atoms with E-state index in [9.17, 15) is 0 Å². The molecule has 1 N–H and O–H groups in total. The standard InChI is InChI=1S/C15H25N5.ClH/c1-6-12(4)20-14(7-8-17-20)9-16-15-10-19(11(2)3)18-13(15)5;/h7-8,10-12,16H,6,9H2,1-5H3;1H. The first-order chi connectivity index (χ1) is 9.52. The minimum Gasteiger partial charge on any atom is -0.377 e. The molecule has 5 nitrogen and oxygen atoms in total. The predicted molar refractivity (Wildman–Crippen MR) is 89.2 cm³/mol. The molecule has 118 valence electrons. The first kappa shape index (κ1) is 17.6. The largest absolute Gasteiger partial charge is 0.377 e. The second-order valence-corrected chi connectivity index (χ2v) is 5.58. The number of halogens is 1. The first-order valence-electron chi connectivity index (χ1n) is 7.35. The van der Waals surface area contributed by atoms with E-state index in [1.807, 2.05) is 17.8 Å². The lowest BCUT2D eigenvalue weighted by molar-refractivity contribution is 0.462. The summed E-state index contributed by atoms with van der Waals surface area (Å²) in [5, 5.41) is 12.4. The minimum absolute atomic E-state index is 0. The number of nitrogens with zero attached hydrogens (tertiary/aromatic N) is 4. The van der Waals surface area contributed by atoms with Gasteiger partial charge in [-0.25, -0.2) is 0 Å². The highest BCUT2D eigenvalue weighted by molar-refractivity contribution is 5.85. The van der Waals surface area contributed by atoms with Gasteiger partial charge in [0.05, 0.1) is 23.6 Å². The average molecular weight is 312 g/mol. The van der Waals surface area contributed by atoms with Crippen molar-refractivity contribution in [2.24, 2.45) is 0 Å². The van der Waals surface area contributed by atoms with Crippen LogP contribution >= 0.6 is 12.4 Å². The van der Waals surface area contributed by atoms with Crippen LogP contribution in [0.5, 0.6) is 0 Å². The van der Waals surface area contributed by atoms with Crippen molar-refractivity contribution in [3.63, 3.8) is 0 Å². The van der Waals surface area contributed by atoms with E-state index in [0.29, 0.717) is 12.1 Å². The monoisotopic (exact) mass is 311 g/mol. The van der Waals surface area contributed by atoms with E-state index >= 15 is 0 Å². The van der Waals surface area contributed by atoms with Crippen LogP contribution in [0.15, 0.2) is 18.5 Å². The molecule has 21 heavy (non-hydrogen) atoms. The van der Waals surface area contributed by atoms with Gasteiger partial charge in [0.1, 0.15) is 0 Å². The first-order valence-corrected chi connectivity index (χ1v) is 7.35. The van der Waals surface area contributed by atoms with E-state index in [-0.39, 0.29) is 12.4 Å². The average Bonchev–Trinajstić information content (AvgIpc) is 3.02. The molecule has 2 rings (SSSR count). The summed E-state index contributed by atoms with van der Waals surface area (Å²) in [5.74, 6) is 0. The van der Waals surface area contributed by atoms with Gasteiger partial charge in [0.25, 0.3) is 0 Å². The molecule has 0 fully saturated rings. The summed E-state index contributed by atoms with van der Waals surface area (Å²) >= 11 is 0. The lowest BCUT2D eigenvalue weighted by atomic mass is 10.2. The Labute approximate surface area is 133 Å². The maximum absolute atomic E-state index is 4.52. The summed E-state index contributed by atoms with van der Waals surface area (Å²) in [6.45, 7) is 11.4. The summed E-state index contributed by atoms with van der Waals surface area (Å²) in [7, 11) is 0. The SMILES string of the molecule is CCC(C)n1nccc1CNc1cn(C(C)C)nc1C.Cl. The van der Waals surface area contributed by atoms with Crippen LogP contribution in [-0.4, -0.2) is 19.6 Å². The van der Waals surface area contributed by atoms with Gasteiger partial charge in [-0.1, -0.05) is 6.92 Å². The van der Waals surface area contributed by atoms with Gasteiger partial charge >= 0.3 is 0 Å². The third-order valence-electron chi connectivity index (χ3n) is 3.67. The maximum atomic E-state index is 4.52. The highest BCUT2D eigenvalue weighted by atomic mass is 35.5. The minimum atomic E-state index is 0. The molecule has 1 atom stereocenters. The topological polar surface area (TPSA) is 47.7 Å². The zero-order valence-electron chi connectivity index (χ0n) is 13.5. The molecule has 0 spiro atoms. The molecular weight excluding hydrogens is 286 g/mol. The number of nitrogens with one attached hydrogen (secondary N) is 1. The lowest BCUT2D eigenvalue weighted by Crippen LogP contribution is -2.12. The van der Waals surface area contributed by atoms with E-state index in [4.69, 9.17) is 0 Å². The summed E-state index contributed by atoms with van der Waals surface area (Å²) in [4.78, 5) is 0. The van der Waals surface area contributed by atoms with Gasteiger partial charge in [-0.05, 0) is 40.2 Å². The second kappa shape index (κ2) is 7.50. The van der Waals surface area contributed by atoms with Crippen molar-refractivity contribution in [3.05, 3.63) is 29.8 Å². The van der Waals surface area contributed by atoms with Crippen LogP contribution in [0.2, 0.25) is 0 Å². The fraction of sp³-hybridized carbons (Fsp3) is 0.600. The zero-order valence-corrected chi connectivity index (χ0v) is 14.3. The van der Waals surface area contributed by atoms with Crippen LogP contribution in [0.1, 0.15) is 57.6 Å². The van der Waals surface area contributed by atoms with Crippen LogP contribution in [0.25, 0.3) is 0 Å². The van der Waals surface area contributed by atoms with Crippen molar-refractivity contribution in [1.29, 1.82) is 0 Å². The highest BCUT2D eigenvalue weighted by Crippen LogP contribution is 2.18. The van der Waals surface area contributed by atoms with Crippen molar-refractivity contribution in [2.45, 2.75) is 59.7 Å². The third-order valence-corrected chi connectivity index (χ3v) is 3.67. The van der Waals surface area contributed by atoms with Gasteiger partial charge in [0, 0.05) is 24.5 Å². The lowest BCUT2D eigenvalue weighted by Gasteiger charge is -2.14.